The fourth-order valence-electron chi connectivity index (χ4n) is 2.73. The molecule has 0 saturated heterocycles. The highest BCUT2D eigenvalue weighted by atomic mass is 35.5. The molecule has 0 bridgehead atoms. The van der Waals surface area contributed by atoms with Crippen molar-refractivity contribution in [3.05, 3.63) is 77.6 Å². The SMILES string of the molecule is Cc1nc2ccccc2n1-c1cccc(Nc2ccc(Cl)cc2)n1. The number of anilines is 2. The van der Waals surface area contributed by atoms with Crippen LogP contribution in [0.25, 0.3) is 16.9 Å². The number of rotatable bonds is 3. The third-order valence-electron chi connectivity index (χ3n) is 3.81. The first kappa shape index (κ1) is 14.7. The largest absolute Gasteiger partial charge is 0.340 e. The molecule has 0 unspecified atom stereocenters. The molecule has 4 rings (SSSR count). The third kappa shape index (κ3) is 2.72. The number of hydrogen-bond donors (Lipinski definition) is 1. The van der Waals surface area contributed by atoms with Gasteiger partial charge in [-0.25, -0.2) is 9.97 Å². The fourth-order valence-corrected chi connectivity index (χ4v) is 2.86. The zero-order chi connectivity index (χ0) is 16.5. The Morgan fingerprint density at radius 3 is 2.50 bits per heavy atom. The van der Waals surface area contributed by atoms with Crippen molar-refractivity contribution in [1.29, 1.82) is 0 Å². The molecule has 24 heavy (non-hydrogen) atoms. The Morgan fingerprint density at radius 1 is 0.875 bits per heavy atom. The number of aryl methyl sites for hydroxylation is 1. The van der Waals surface area contributed by atoms with Gasteiger partial charge < -0.3 is 5.32 Å². The summed E-state index contributed by atoms with van der Waals surface area (Å²) in [5.74, 6) is 2.51. The van der Waals surface area contributed by atoms with E-state index < -0.39 is 0 Å². The Hall–Kier alpha value is -2.85. The Bertz CT molecular complexity index is 1010. The number of halogens is 1. The van der Waals surface area contributed by atoms with Crippen molar-refractivity contribution in [3.63, 3.8) is 0 Å². The molecule has 118 valence electrons. The van der Waals surface area contributed by atoms with E-state index in [0.717, 1.165) is 34.2 Å². The summed E-state index contributed by atoms with van der Waals surface area (Å²) < 4.78 is 2.06. The van der Waals surface area contributed by atoms with Crippen LogP contribution in [0.15, 0.2) is 66.7 Å². The van der Waals surface area contributed by atoms with Crippen LogP contribution in [0.2, 0.25) is 5.02 Å². The third-order valence-corrected chi connectivity index (χ3v) is 4.06. The zero-order valence-corrected chi connectivity index (χ0v) is 13.8. The second-order valence-corrected chi connectivity index (χ2v) is 5.93. The Labute approximate surface area is 144 Å². The number of fused-ring (bicyclic) bond motifs is 1. The maximum Gasteiger partial charge on any atom is 0.140 e. The van der Waals surface area contributed by atoms with E-state index >= 15 is 0 Å². The van der Waals surface area contributed by atoms with Crippen LogP contribution in [0.3, 0.4) is 0 Å². The lowest BCUT2D eigenvalue weighted by atomic mass is 10.3. The van der Waals surface area contributed by atoms with E-state index in [-0.39, 0.29) is 0 Å². The quantitative estimate of drug-likeness (QED) is 0.565. The van der Waals surface area contributed by atoms with E-state index in [4.69, 9.17) is 16.6 Å². The highest BCUT2D eigenvalue weighted by Crippen LogP contribution is 2.22. The maximum absolute atomic E-state index is 5.93. The van der Waals surface area contributed by atoms with Gasteiger partial charge in [0, 0.05) is 10.7 Å². The van der Waals surface area contributed by atoms with Gasteiger partial charge in [0.1, 0.15) is 17.5 Å². The van der Waals surface area contributed by atoms with Crippen LogP contribution in [-0.4, -0.2) is 14.5 Å². The second kappa shape index (κ2) is 5.98. The molecule has 0 saturated carbocycles. The van der Waals surface area contributed by atoms with E-state index in [9.17, 15) is 0 Å². The van der Waals surface area contributed by atoms with Crippen LogP contribution < -0.4 is 5.32 Å². The first-order valence-corrected chi connectivity index (χ1v) is 8.02. The highest BCUT2D eigenvalue weighted by molar-refractivity contribution is 6.30. The van der Waals surface area contributed by atoms with E-state index in [1.54, 1.807) is 0 Å². The van der Waals surface area contributed by atoms with Crippen LogP contribution in [-0.2, 0) is 0 Å². The van der Waals surface area contributed by atoms with Crippen molar-refractivity contribution in [2.75, 3.05) is 5.32 Å². The monoisotopic (exact) mass is 334 g/mol. The van der Waals surface area contributed by atoms with Gasteiger partial charge in [-0.2, -0.15) is 0 Å². The number of benzene rings is 2. The summed E-state index contributed by atoms with van der Waals surface area (Å²) in [6, 6.07) is 21.5. The van der Waals surface area contributed by atoms with Crippen molar-refractivity contribution >= 4 is 34.1 Å². The summed E-state index contributed by atoms with van der Waals surface area (Å²) in [5, 5.41) is 4.01. The fraction of sp³-hybridized carbons (Fsp3) is 0.0526. The first-order valence-electron chi connectivity index (χ1n) is 7.65. The van der Waals surface area contributed by atoms with Gasteiger partial charge in [-0.15, -0.1) is 0 Å². The van der Waals surface area contributed by atoms with E-state index in [2.05, 4.69) is 20.9 Å². The summed E-state index contributed by atoms with van der Waals surface area (Å²) >= 11 is 5.93. The molecule has 4 nitrogen and oxygen atoms in total. The van der Waals surface area contributed by atoms with Gasteiger partial charge in [-0.05, 0) is 55.5 Å². The minimum Gasteiger partial charge on any atom is -0.340 e. The molecule has 0 amide bonds. The lowest BCUT2D eigenvalue weighted by molar-refractivity contribution is 0.959. The lowest BCUT2D eigenvalue weighted by Crippen LogP contribution is -2.02. The van der Waals surface area contributed by atoms with Crippen molar-refractivity contribution in [2.45, 2.75) is 6.92 Å². The average molecular weight is 335 g/mol. The van der Waals surface area contributed by atoms with E-state index in [0.29, 0.717) is 5.02 Å². The minimum absolute atomic E-state index is 0.711. The van der Waals surface area contributed by atoms with Crippen molar-refractivity contribution in [3.8, 4) is 5.82 Å². The summed E-state index contributed by atoms with van der Waals surface area (Å²) in [4.78, 5) is 9.32. The standard InChI is InChI=1S/C19H15ClN4/c1-13-21-16-5-2-3-6-17(16)24(13)19-8-4-7-18(23-19)22-15-11-9-14(20)10-12-15/h2-12H,1H3,(H,22,23). The molecular weight excluding hydrogens is 320 g/mol. The minimum atomic E-state index is 0.711. The average Bonchev–Trinajstić information content (AvgIpc) is 2.93. The molecule has 0 atom stereocenters. The van der Waals surface area contributed by atoms with E-state index in [1.165, 1.54) is 0 Å². The Balaban J connectivity index is 1.74. The van der Waals surface area contributed by atoms with Gasteiger partial charge in [-0.3, -0.25) is 4.57 Å². The van der Waals surface area contributed by atoms with Crippen LogP contribution in [0, 0.1) is 6.92 Å². The van der Waals surface area contributed by atoms with Crippen molar-refractivity contribution in [2.24, 2.45) is 0 Å². The predicted octanol–water partition coefficient (Wildman–Crippen LogP) is 5.13. The van der Waals surface area contributed by atoms with Crippen molar-refractivity contribution in [1.82, 2.24) is 14.5 Å². The highest BCUT2D eigenvalue weighted by Gasteiger charge is 2.10. The zero-order valence-electron chi connectivity index (χ0n) is 13.1. The smallest absolute Gasteiger partial charge is 0.140 e. The molecule has 2 heterocycles. The van der Waals surface area contributed by atoms with Gasteiger partial charge in [0.2, 0.25) is 0 Å². The molecule has 0 fully saturated rings. The maximum atomic E-state index is 5.93. The van der Waals surface area contributed by atoms with Gasteiger partial charge in [-0.1, -0.05) is 29.8 Å². The van der Waals surface area contributed by atoms with Gasteiger partial charge >= 0.3 is 0 Å². The summed E-state index contributed by atoms with van der Waals surface area (Å²) in [5.41, 5.74) is 2.95. The summed E-state index contributed by atoms with van der Waals surface area (Å²) in [6.07, 6.45) is 0. The molecule has 0 aliphatic heterocycles. The molecule has 0 radical (unpaired) electrons. The first-order chi connectivity index (χ1) is 11.7. The van der Waals surface area contributed by atoms with Gasteiger partial charge in [0.15, 0.2) is 0 Å². The number of pyridine rings is 1. The van der Waals surface area contributed by atoms with Crippen molar-refractivity contribution < 1.29 is 0 Å². The number of hydrogen-bond acceptors (Lipinski definition) is 3. The summed E-state index contributed by atoms with van der Waals surface area (Å²) in [6.45, 7) is 1.99. The van der Waals surface area contributed by atoms with E-state index in [1.807, 2.05) is 67.6 Å². The lowest BCUT2D eigenvalue weighted by Gasteiger charge is -2.10. The second-order valence-electron chi connectivity index (χ2n) is 5.50. The molecule has 0 aliphatic rings. The Kier molecular flexibility index (Phi) is 3.67. The molecule has 0 spiro atoms. The number of aromatic nitrogens is 3. The molecule has 4 aromatic rings. The summed E-state index contributed by atoms with van der Waals surface area (Å²) in [7, 11) is 0. The van der Waals surface area contributed by atoms with Crippen LogP contribution >= 0.6 is 11.6 Å². The molecule has 1 N–H and O–H groups in total. The molecule has 2 aromatic carbocycles. The number of para-hydroxylation sites is 2. The normalized spacial score (nSPS) is 10.9. The molecular formula is C19H15ClN4. The number of imidazole rings is 1. The van der Waals surface area contributed by atoms with Crippen LogP contribution in [0.5, 0.6) is 0 Å². The molecule has 2 aromatic heterocycles. The number of nitrogens with one attached hydrogen (secondary N) is 1. The van der Waals surface area contributed by atoms with Crippen LogP contribution in [0.1, 0.15) is 5.82 Å². The molecule has 5 heteroatoms. The van der Waals surface area contributed by atoms with Crippen LogP contribution in [0.4, 0.5) is 11.5 Å². The van der Waals surface area contributed by atoms with Gasteiger partial charge in [0.05, 0.1) is 11.0 Å². The van der Waals surface area contributed by atoms with Gasteiger partial charge in [0.25, 0.3) is 0 Å². The predicted molar refractivity (Wildman–Crippen MR) is 98.3 cm³/mol. The number of nitrogens with zero attached hydrogens (tertiary/aromatic N) is 3. The molecule has 0 aliphatic carbocycles. The Morgan fingerprint density at radius 2 is 1.67 bits per heavy atom. The topological polar surface area (TPSA) is 42.7 Å².